The van der Waals surface area contributed by atoms with Crippen molar-refractivity contribution in [2.24, 2.45) is 4.99 Å². The lowest BCUT2D eigenvalue weighted by Crippen LogP contribution is -2.40. The van der Waals surface area contributed by atoms with Gasteiger partial charge in [0.2, 0.25) is 0 Å². The third-order valence-electron chi connectivity index (χ3n) is 4.58. The fourth-order valence-corrected chi connectivity index (χ4v) is 3.11. The van der Waals surface area contributed by atoms with E-state index in [9.17, 15) is 0 Å². The number of nitrogens with zero attached hydrogens (tertiary/aromatic N) is 4. The second-order valence-corrected chi connectivity index (χ2v) is 6.48. The monoisotopic (exact) mass is 383 g/mol. The van der Waals surface area contributed by atoms with Crippen molar-refractivity contribution >= 4 is 16.9 Å². The average molecular weight is 384 g/mol. The van der Waals surface area contributed by atoms with Gasteiger partial charge in [0.1, 0.15) is 12.2 Å². The highest BCUT2D eigenvalue weighted by molar-refractivity contribution is 5.83. The summed E-state index contributed by atoms with van der Waals surface area (Å²) in [4.78, 5) is 7.90. The number of nitrogens with one attached hydrogen (secondary N) is 3. The van der Waals surface area contributed by atoms with Gasteiger partial charge >= 0.3 is 0 Å². The Labute approximate surface area is 165 Å². The van der Waals surface area contributed by atoms with Gasteiger partial charge in [0.05, 0.1) is 13.2 Å². The quantitative estimate of drug-likeness (QED) is 0.282. The average Bonchev–Trinajstić information content (AvgIpc) is 3.34. The minimum absolute atomic E-state index is 0.598. The lowest BCUT2D eigenvalue weighted by atomic mass is 10.1. The molecule has 28 heavy (non-hydrogen) atoms. The van der Waals surface area contributed by atoms with Crippen molar-refractivity contribution in [3.8, 4) is 0 Å². The van der Waals surface area contributed by atoms with E-state index in [0.717, 1.165) is 44.3 Å². The molecule has 3 aromatic rings. The van der Waals surface area contributed by atoms with Crippen molar-refractivity contribution in [2.75, 3.05) is 33.4 Å². The van der Waals surface area contributed by atoms with Gasteiger partial charge in [-0.15, -0.1) is 10.2 Å². The third-order valence-corrected chi connectivity index (χ3v) is 4.58. The van der Waals surface area contributed by atoms with Crippen LogP contribution >= 0.6 is 0 Å². The zero-order valence-corrected chi connectivity index (χ0v) is 16.6. The number of H-pyrrole nitrogens is 1. The van der Waals surface area contributed by atoms with Crippen molar-refractivity contribution in [3.05, 3.63) is 48.2 Å². The first-order valence-electron chi connectivity index (χ1n) is 9.74. The minimum Gasteiger partial charge on any atom is -0.383 e. The summed E-state index contributed by atoms with van der Waals surface area (Å²) in [5, 5.41) is 16.2. The summed E-state index contributed by atoms with van der Waals surface area (Å²) in [7, 11) is 1.69. The maximum atomic E-state index is 5.11. The number of aromatic nitrogens is 4. The van der Waals surface area contributed by atoms with Gasteiger partial charge in [-0.1, -0.05) is 25.1 Å². The van der Waals surface area contributed by atoms with E-state index in [1.54, 1.807) is 13.4 Å². The number of guanidine groups is 1. The lowest BCUT2D eigenvalue weighted by molar-refractivity contribution is 0.208. The Hall–Kier alpha value is -2.87. The van der Waals surface area contributed by atoms with E-state index in [0.29, 0.717) is 13.2 Å². The summed E-state index contributed by atoms with van der Waals surface area (Å²) in [6.07, 6.45) is 5.64. The van der Waals surface area contributed by atoms with Crippen LogP contribution in [0.2, 0.25) is 0 Å². The Balaban J connectivity index is 1.51. The van der Waals surface area contributed by atoms with Gasteiger partial charge in [0.25, 0.3) is 0 Å². The van der Waals surface area contributed by atoms with Gasteiger partial charge in [0, 0.05) is 50.3 Å². The van der Waals surface area contributed by atoms with Crippen LogP contribution in [0.4, 0.5) is 0 Å². The molecule has 0 saturated heterocycles. The second-order valence-electron chi connectivity index (χ2n) is 6.48. The summed E-state index contributed by atoms with van der Waals surface area (Å²) >= 11 is 0. The molecule has 0 fully saturated rings. The highest BCUT2D eigenvalue weighted by atomic mass is 16.5. The third kappa shape index (κ3) is 5.32. The number of aromatic amines is 1. The lowest BCUT2D eigenvalue weighted by Gasteiger charge is -2.13. The van der Waals surface area contributed by atoms with Crippen LogP contribution in [0.5, 0.6) is 0 Å². The fraction of sp³-hybridized carbons (Fsp3) is 0.450. The van der Waals surface area contributed by atoms with Gasteiger partial charge in [-0.25, -0.2) is 0 Å². The maximum absolute atomic E-state index is 5.11. The molecule has 8 nitrogen and oxygen atoms in total. The van der Waals surface area contributed by atoms with Crippen LogP contribution in [-0.4, -0.2) is 59.1 Å². The molecule has 0 bridgehead atoms. The molecule has 2 heterocycles. The molecule has 3 rings (SSSR count). The molecule has 1 aromatic carbocycles. The van der Waals surface area contributed by atoms with Crippen LogP contribution in [0.3, 0.4) is 0 Å². The van der Waals surface area contributed by atoms with E-state index in [4.69, 9.17) is 4.74 Å². The van der Waals surface area contributed by atoms with E-state index in [-0.39, 0.29) is 0 Å². The van der Waals surface area contributed by atoms with Gasteiger partial charge in [-0.3, -0.25) is 4.99 Å². The fourth-order valence-electron chi connectivity index (χ4n) is 3.11. The van der Waals surface area contributed by atoms with E-state index in [1.165, 1.54) is 16.5 Å². The number of fused-ring (bicyclic) bond motifs is 1. The minimum atomic E-state index is 0.598. The molecule has 0 amide bonds. The van der Waals surface area contributed by atoms with Crippen molar-refractivity contribution in [3.63, 3.8) is 0 Å². The van der Waals surface area contributed by atoms with Crippen molar-refractivity contribution in [2.45, 2.75) is 26.3 Å². The van der Waals surface area contributed by atoms with E-state index < -0.39 is 0 Å². The number of aliphatic imine (C=N–C) groups is 1. The SMILES string of the molecule is CCc1nncn1CCNC(=NCCOC)NCCc1c[nH]c2ccccc12. The van der Waals surface area contributed by atoms with Gasteiger partial charge in [0.15, 0.2) is 5.96 Å². The predicted molar refractivity (Wildman–Crippen MR) is 112 cm³/mol. The van der Waals surface area contributed by atoms with E-state index >= 15 is 0 Å². The molecule has 0 atom stereocenters. The number of para-hydroxylation sites is 1. The summed E-state index contributed by atoms with van der Waals surface area (Å²) in [6, 6.07) is 8.37. The van der Waals surface area contributed by atoms with Crippen LogP contribution in [0, 0.1) is 0 Å². The van der Waals surface area contributed by atoms with E-state index in [1.807, 2.05) is 6.07 Å². The zero-order chi connectivity index (χ0) is 19.6. The number of hydrogen-bond acceptors (Lipinski definition) is 4. The summed E-state index contributed by atoms with van der Waals surface area (Å²) in [6.45, 7) is 5.64. The maximum Gasteiger partial charge on any atom is 0.191 e. The number of benzene rings is 1. The highest BCUT2D eigenvalue weighted by Gasteiger charge is 2.05. The molecule has 2 aromatic heterocycles. The second kappa shape index (κ2) is 10.5. The number of ether oxygens (including phenoxy) is 1. The molecule has 0 saturated carbocycles. The Kier molecular flexibility index (Phi) is 7.43. The zero-order valence-electron chi connectivity index (χ0n) is 16.6. The van der Waals surface area contributed by atoms with Gasteiger partial charge in [-0.2, -0.15) is 0 Å². The number of rotatable bonds is 10. The van der Waals surface area contributed by atoms with E-state index in [2.05, 4.69) is 66.7 Å². The summed E-state index contributed by atoms with van der Waals surface area (Å²) < 4.78 is 7.17. The molecule has 3 N–H and O–H groups in total. The van der Waals surface area contributed by atoms with Crippen molar-refractivity contribution < 1.29 is 4.74 Å². The van der Waals surface area contributed by atoms with Gasteiger partial charge in [-0.05, 0) is 18.1 Å². The molecule has 0 aliphatic heterocycles. The normalized spacial score (nSPS) is 11.9. The van der Waals surface area contributed by atoms with Crippen LogP contribution in [0.1, 0.15) is 18.3 Å². The Morgan fingerprint density at radius 3 is 2.96 bits per heavy atom. The highest BCUT2D eigenvalue weighted by Crippen LogP contribution is 2.17. The summed E-state index contributed by atoms with van der Waals surface area (Å²) in [5.41, 5.74) is 2.47. The smallest absolute Gasteiger partial charge is 0.191 e. The summed E-state index contributed by atoms with van der Waals surface area (Å²) in [5.74, 6) is 1.79. The first-order valence-corrected chi connectivity index (χ1v) is 9.74. The first-order chi connectivity index (χ1) is 13.8. The molecule has 0 radical (unpaired) electrons. The number of methoxy groups -OCH3 is 1. The molecular formula is C20H29N7O. The van der Waals surface area contributed by atoms with Crippen molar-refractivity contribution in [1.82, 2.24) is 30.4 Å². The standard InChI is InChI=1S/C20H29N7O/c1-3-19-26-25-15-27(19)12-10-22-20(23-11-13-28-2)21-9-8-16-14-24-18-7-5-4-6-17(16)18/h4-7,14-15,24H,3,8-13H2,1-2H3,(H2,21,22,23). The van der Waals surface area contributed by atoms with Crippen molar-refractivity contribution in [1.29, 1.82) is 0 Å². The molecule has 0 unspecified atom stereocenters. The molecule has 8 heteroatoms. The molecule has 150 valence electrons. The Morgan fingerprint density at radius 1 is 1.25 bits per heavy atom. The first kappa shape index (κ1) is 19.9. The molecule has 0 aliphatic rings. The van der Waals surface area contributed by atoms with Crippen LogP contribution in [0.15, 0.2) is 41.8 Å². The van der Waals surface area contributed by atoms with Crippen LogP contribution < -0.4 is 10.6 Å². The van der Waals surface area contributed by atoms with Gasteiger partial charge < -0.3 is 24.9 Å². The molecule has 0 aliphatic carbocycles. The molecular weight excluding hydrogens is 354 g/mol. The Bertz CT molecular complexity index is 883. The number of aryl methyl sites for hydroxylation is 1. The van der Waals surface area contributed by atoms with Crippen LogP contribution in [-0.2, 0) is 24.1 Å². The predicted octanol–water partition coefficient (Wildman–Crippen LogP) is 1.75. The largest absolute Gasteiger partial charge is 0.383 e. The van der Waals surface area contributed by atoms with Crippen LogP contribution in [0.25, 0.3) is 10.9 Å². The molecule has 0 spiro atoms. The Morgan fingerprint density at radius 2 is 2.11 bits per heavy atom. The topological polar surface area (TPSA) is 92.2 Å². The number of hydrogen-bond donors (Lipinski definition) is 3.